The number of hydrogen-bond donors (Lipinski definition) is 3. The highest BCUT2D eigenvalue weighted by molar-refractivity contribution is 9.10. The largest absolute Gasteiger partial charge is 0.422 e. The number of thiazole rings is 1. The topological polar surface area (TPSA) is 168 Å². The molecule has 0 radical (unpaired) electrons. The number of carbonyl (C=O) groups is 1. The molecule has 2 heterocycles. The quantitative estimate of drug-likeness (QED) is 0.230. The molecule has 0 saturated heterocycles. The predicted molar refractivity (Wildman–Crippen MR) is 135 cm³/mol. The summed E-state index contributed by atoms with van der Waals surface area (Å²) >= 11 is 4.57. The molecule has 0 aliphatic carbocycles. The molecule has 2 amide bonds. The normalized spacial score (nSPS) is 11.7. The number of urea groups is 1. The zero-order chi connectivity index (χ0) is 25.2. The van der Waals surface area contributed by atoms with Crippen molar-refractivity contribution in [3.63, 3.8) is 0 Å². The summed E-state index contributed by atoms with van der Waals surface area (Å²) in [6, 6.07) is 13.3. The Morgan fingerprint density at radius 3 is 2.63 bits per heavy atom. The monoisotopic (exact) mass is 571 g/mol. The lowest BCUT2D eigenvalue weighted by molar-refractivity contribution is 0.253. The van der Waals surface area contributed by atoms with Gasteiger partial charge in [-0.1, -0.05) is 15.9 Å². The molecule has 0 fully saturated rings. The minimum atomic E-state index is -4.06. The molecule has 0 bridgehead atoms. The van der Waals surface area contributed by atoms with Crippen LogP contribution in [0.4, 0.5) is 10.5 Å². The van der Waals surface area contributed by atoms with Crippen LogP contribution in [0.1, 0.15) is 5.01 Å². The minimum absolute atomic E-state index is 0.155. The number of hydrogen-bond acceptors (Lipinski definition) is 9. The van der Waals surface area contributed by atoms with Crippen LogP contribution in [0.25, 0.3) is 27.8 Å². The van der Waals surface area contributed by atoms with Gasteiger partial charge in [-0.15, -0.1) is 11.3 Å². The van der Waals surface area contributed by atoms with Gasteiger partial charge in [0.2, 0.25) is 0 Å². The van der Waals surface area contributed by atoms with Crippen LogP contribution in [-0.4, -0.2) is 19.4 Å². The number of anilines is 1. The lowest BCUT2D eigenvalue weighted by Gasteiger charge is -2.06. The van der Waals surface area contributed by atoms with Gasteiger partial charge in [0.15, 0.2) is 0 Å². The predicted octanol–water partition coefficient (Wildman–Crippen LogP) is 4.01. The number of sulfonamides is 1. The van der Waals surface area contributed by atoms with E-state index in [0.29, 0.717) is 22.0 Å². The van der Waals surface area contributed by atoms with E-state index in [4.69, 9.17) is 10.2 Å². The van der Waals surface area contributed by atoms with E-state index in [-0.39, 0.29) is 16.0 Å². The van der Waals surface area contributed by atoms with Crippen LogP contribution in [0.5, 0.6) is 0 Å². The average Bonchev–Trinajstić information content (AvgIpc) is 3.28. The van der Waals surface area contributed by atoms with Crippen molar-refractivity contribution in [3.8, 4) is 17.3 Å². The van der Waals surface area contributed by atoms with Gasteiger partial charge in [-0.25, -0.2) is 27.7 Å². The van der Waals surface area contributed by atoms with E-state index in [1.807, 2.05) is 12.1 Å². The maximum absolute atomic E-state index is 12.5. The van der Waals surface area contributed by atoms with E-state index in [1.54, 1.807) is 28.3 Å². The minimum Gasteiger partial charge on any atom is -0.422 e. The van der Waals surface area contributed by atoms with Crippen LogP contribution in [0.15, 0.2) is 78.7 Å². The molecule has 2 aromatic carbocycles. The SMILES string of the molecule is N#CC(=CNc1ccc(S(=O)(=O)NC(N)=O)cc1)c1nc(-c2cc3cc(Br)ccc3oc2=O)cs1. The summed E-state index contributed by atoms with van der Waals surface area (Å²) in [4.78, 5) is 27.5. The number of nitrogens with two attached hydrogens (primary N) is 1. The number of nitrogens with zero attached hydrogens (tertiary/aromatic N) is 2. The van der Waals surface area contributed by atoms with Gasteiger partial charge in [-0.05, 0) is 48.5 Å². The molecule has 4 aromatic rings. The van der Waals surface area contributed by atoms with Crippen molar-refractivity contribution in [3.05, 3.63) is 80.0 Å². The number of carbonyl (C=O) groups excluding carboxylic acids is 1. The Bertz CT molecular complexity index is 1690. The first-order chi connectivity index (χ1) is 16.7. The fraction of sp³-hybridized carbons (Fsp3) is 0. The van der Waals surface area contributed by atoms with Crippen LogP contribution in [0.3, 0.4) is 0 Å². The molecular formula is C22H14BrN5O5S2. The smallest absolute Gasteiger partial charge is 0.345 e. The van der Waals surface area contributed by atoms with E-state index in [0.717, 1.165) is 9.86 Å². The van der Waals surface area contributed by atoms with Crippen LogP contribution in [0, 0.1) is 11.3 Å². The molecule has 0 aliphatic heterocycles. The summed E-state index contributed by atoms with van der Waals surface area (Å²) in [6.45, 7) is 0. The Kier molecular flexibility index (Phi) is 6.70. The summed E-state index contributed by atoms with van der Waals surface area (Å²) in [6.07, 6.45) is 1.41. The number of benzene rings is 2. The molecule has 176 valence electrons. The van der Waals surface area contributed by atoms with Crippen molar-refractivity contribution in [2.45, 2.75) is 4.90 Å². The Balaban J connectivity index is 1.57. The summed E-state index contributed by atoms with van der Waals surface area (Å²) in [7, 11) is -4.06. The number of nitrogens with one attached hydrogen (secondary N) is 2. The van der Waals surface area contributed by atoms with Crippen LogP contribution in [-0.2, 0) is 10.0 Å². The number of allylic oxidation sites excluding steroid dienone is 1. The maximum atomic E-state index is 12.5. The van der Waals surface area contributed by atoms with Crippen LogP contribution < -0.4 is 21.4 Å². The third-order valence-corrected chi connectivity index (χ3v) is 7.34. The number of primary amides is 1. The number of rotatable bonds is 6. The van der Waals surface area contributed by atoms with Gasteiger partial charge < -0.3 is 15.5 Å². The van der Waals surface area contributed by atoms with Gasteiger partial charge in [-0.2, -0.15) is 5.26 Å². The average molecular weight is 572 g/mol. The Hall–Kier alpha value is -3.99. The fourth-order valence-electron chi connectivity index (χ4n) is 3.01. The zero-order valence-corrected chi connectivity index (χ0v) is 20.7. The first kappa shape index (κ1) is 24.1. The molecule has 4 rings (SSSR count). The molecule has 0 atom stereocenters. The summed E-state index contributed by atoms with van der Waals surface area (Å²) in [5.41, 5.74) is 6.09. The number of aromatic nitrogens is 1. The standard InChI is InChI=1S/C22H14BrN5O5S2/c23-14-1-6-19-12(7-14)8-17(21(29)33-19)18-11-34-20(27-18)13(9-24)10-26-15-2-4-16(5-3-15)35(31,32)28-22(25)30/h1-8,10-11,26H,(H3,25,28,30). The first-order valence-corrected chi connectivity index (χ1v) is 12.8. The molecule has 35 heavy (non-hydrogen) atoms. The van der Waals surface area contributed by atoms with E-state index in [1.165, 1.54) is 41.8 Å². The molecule has 13 heteroatoms. The van der Waals surface area contributed by atoms with E-state index in [9.17, 15) is 23.3 Å². The molecule has 4 N–H and O–H groups in total. The summed E-state index contributed by atoms with van der Waals surface area (Å²) in [5, 5.41) is 15.2. The van der Waals surface area contributed by atoms with Gasteiger partial charge in [-0.3, -0.25) is 0 Å². The highest BCUT2D eigenvalue weighted by Crippen LogP contribution is 2.27. The summed E-state index contributed by atoms with van der Waals surface area (Å²) in [5.74, 6) is 0. The van der Waals surface area contributed by atoms with Crippen molar-refractivity contribution in [2.75, 3.05) is 5.32 Å². The third-order valence-electron chi connectivity index (χ3n) is 4.61. The lowest BCUT2D eigenvalue weighted by atomic mass is 10.1. The van der Waals surface area contributed by atoms with Gasteiger partial charge in [0.25, 0.3) is 10.0 Å². The highest BCUT2D eigenvalue weighted by Gasteiger charge is 2.16. The van der Waals surface area contributed by atoms with Crippen LogP contribution >= 0.6 is 27.3 Å². The van der Waals surface area contributed by atoms with E-state index < -0.39 is 21.7 Å². The third kappa shape index (κ3) is 5.40. The number of fused-ring (bicyclic) bond motifs is 1. The molecule has 0 unspecified atom stereocenters. The second-order valence-corrected chi connectivity index (χ2v) is 10.4. The van der Waals surface area contributed by atoms with Gasteiger partial charge in [0, 0.05) is 27.1 Å². The number of nitriles is 1. The van der Waals surface area contributed by atoms with E-state index in [2.05, 4.69) is 26.2 Å². The first-order valence-electron chi connectivity index (χ1n) is 9.65. The van der Waals surface area contributed by atoms with Crippen LogP contribution in [0.2, 0.25) is 0 Å². The lowest BCUT2D eigenvalue weighted by Crippen LogP contribution is -2.34. The van der Waals surface area contributed by atoms with Crippen molar-refractivity contribution in [2.24, 2.45) is 5.73 Å². The highest BCUT2D eigenvalue weighted by atomic mass is 79.9. The van der Waals surface area contributed by atoms with Gasteiger partial charge >= 0.3 is 11.7 Å². The van der Waals surface area contributed by atoms with Crippen molar-refractivity contribution in [1.29, 1.82) is 5.26 Å². The van der Waals surface area contributed by atoms with Crippen molar-refractivity contribution in [1.82, 2.24) is 9.71 Å². The second kappa shape index (κ2) is 9.71. The zero-order valence-electron chi connectivity index (χ0n) is 17.5. The Morgan fingerprint density at radius 1 is 1.20 bits per heavy atom. The molecular weight excluding hydrogens is 558 g/mol. The van der Waals surface area contributed by atoms with Crippen molar-refractivity contribution < 1.29 is 17.6 Å². The van der Waals surface area contributed by atoms with Crippen molar-refractivity contribution >= 4 is 65.6 Å². The molecule has 0 spiro atoms. The van der Waals surface area contributed by atoms with Gasteiger partial charge in [0.1, 0.15) is 22.2 Å². The molecule has 0 saturated carbocycles. The van der Waals surface area contributed by atoms with Gasteiger partial charge in [0.05, 0.1) is 16.2 Å². The summed E-state index contributed by atoms with van der Waals surface area (Å²) < 4.78 is 31.8. The second-order valence-electron chi connectivity index (χ2n) is 6.98. The number of halogens is 1. The molecule has 0 aliphatic rings. The Labute approximate surface area is 210 Å². The molecule has 2 aromatic heterocycles. The number of amides is 2. The molecule has 10 nitrogen and oxygen atoms in total. The van der Waals surface area contributed by atoms with E-state index >= 15 is 0 Å². The fourth-order valence-corrected chi connectivity index (χ4v) is 5.05. The maximum Gasteiger partial charge on any atom is 0.345 e. The Morgan fingerprint density at radius 2 is 1.94 bits per heavy atom.